The molecule has 6 heteroatoms. The third-order valence-electron chi connectivity index (χ3n) is 2.26. The van der Waals surface area contributed by atoms with E-state index in [0.717, 1.165) is 4.88 Å². The molecule has 0 saturated heterocycles. The minimum Gasteiger partial charge on any atom is -0.321 e. The van der Waals surface area contributed by atoms with Gasteiger partial charge in [-0.1, -0.05) is 35.0 Å². The maximum atomic E-state index is 12.1. The molecular weight excluding hydrogens is 315 g/mol. The number of hydrogen-bond acceptors (Lipinski definition) is 3. The number of anilines is 1. The minimum absolute atomic E-state index is 0.228. The molecule has 102 valence electrons. The van der Waals surface area contributed by atoms with Crippen LogP contribution in [0.2, 0.25) is 10.0 Å². The highest BCUT2D eigenvalue weighted by Crippen LogP contribution is 2.24. The van der Waals surface area contributed by atoms with Gasteiger partial charge in [0.1, 0.15) is 0 Å². The maximum absolute atomic E-state index is 12.1. The molecule has 1 amide bonds. The number of rotatable bonds is 2. The number of nitrogens with one attached hydrogen (secondary N) is 1. The van der Waals surface area contributed by atoms with Gasteiger partial charge in [0.05, 0.1) is 16.3 Å². The summed E-state index contributed by atoms with van der Waals surface area (Å²) in [6.45, 7) is 0.292. The SMILES string of the molecule is NCC#Cc1ccc(C(=O)Nc2cc(Cl)cc(Cl)c2)s1. The van der Waals surface area contributed by atoms with E-state index in [2.05, 4.69) is 17.2 Å². The van der Waals surface area contributed by atoms with Crippen LogP contribution in [0.1, 0.15) is 14.5 Å². The van der Waals surface area contributed by atoms with Crippen molar-refractivity contribution in [3.8, 4) is 11.8 Å². The summed E-state index contributed by atoms with van der Waals surface area (Å²) < 4.78 is 0. The molecule has 0 atom stereocenters. The molecule has 3 N–H and O–H groups in total. The van der Waals surface area contributed by atoms with Crippen LogP contribution in [-0.2, 0) is 0 Å². The van der Waals surface area contributed by atoms with Gasteiger partial charge in [0, 0.05) is 15.7 Å². The van der Waals surface area contributed by atoms with E-state index in [1.54, 1.807) is 30.3 Å². The van der Waals surface area contributed by atoms with Crippen molar-refractivity contribution >= 4 is 46.1 Å². The number of benzene rings is 1. The maximum Gasteiger partial charge on any atom is 0.265 e. The summed E-state index contributed by atoms with van der Waals surface area (Å²) in [5.74, 6) is 5.40. The van der Waals surface area contributed by atoms with E-state index in [-0.39, 0.29) is 5.91 Å². The van der Waals surface area contributed by atoms with Gasteiger partial charge in [0.2, 0.25) is 0 Å². The number of amides is 1. The van der Waals surface area contributed by atoms with Crippen LogP contribution in [0.15, 0.2) is 30.3 Å². The molecule has 1 aromatic heterocycles. The normalized spacial score (nSPS) is 9.75. The average Bonchev–Trinajstić information content (AvgIpc) is 2.83. The summed E-state index contributed by atoms with van der Waals surface area (Å²) in [6, 6.07) is 8.37. The van der Waals surface area contributed by atoms with Crippen molar-refractivity contribution in [1.82, 2.24) is 0 Å². The Balaban J connectivity index is 2.13. The van der Waals surface area contributed by atoms with Gasteiger partial charge in [-0.15, -0.1) is 11.3 Å². The van der Waals surface area contributed by atoms with E-state index in [0.29, 0.717) is 27.2 Å². The van der Waals surface area contributed by atoms with Crippen molar-refractivity contribution in [2.45, 2.75) is 0 Å². The Bertz CT molecular complexity index is 680. The Morgan fingerprint density at radius 1 is 1.25 bits per heavy atom. The van der Waals surface area contributed by atoms with E-state index < -0.39 is 0 Å². The number of carbonyl (C=O) groups excluding carboxylic acids is 1. The van der Waals surface area contributed by atoms with Crippen molar-refractivity contribution in [2.24, 2.45) is 5.73 Å². The molecule has 0 saturated carbocycles. The predicted molar refractivity (Wildman–Crippen MR) is 84.7 cm³/mol. The minimum atomic E-state index is -0.228. The van der Waals surface area contributed by atoms with E-state index in [1.807, 2.05) is 0 Å². The largest absolute Gasteiger partial charge is 0.321 e. The highest BCUT2D eigenvalue weighted by Gasteiger charge is 2.09. The lowest BCUT2D eigenvalue weighted by Crippen LogP contribution is -2.09. The number of halogens is 2. The highest BCUT2D eigenvalue weighted by atomic mass is 35.5. The second-order valence-electron chi connectivity index (χ2n) is 3.78. The molecule has 2 aromatic rings. The lowest BCUT2D eigenvalue weighted by molar-refractivity contribution is 0.103. The molecule has 0 spiro atoms. The zero-order chi connectivity index (χ0) is 14.5. The number of nitrogens with two attached hydrogens (primary N) is 1. The molecular formula is C14H10Cl2N2OS. The number of carbonyl (C=O) groups is 1. The van der Waals surface area contributed by atoms with Crippen LogP contribution < -0.4 is 11.1 Å². The molecule has 0 aliphatic rings. The zero-order valence-corrected chi connectivity index (χ0v) is 12.6. The second-order valence-corrected chi connectivity index (χ2v) is 5.74. The van der Waals surface area contributed by atoms with Crippen molar-refractivity contribution in [1.29, 1.82) is 0 Å². The molecule has 3 nitrogen and oxygen atoms in total. The fourth-order valence-electron chi connectivity index (χ4n) is 1.48. The molecule has 0 unspecified atom stereocenters. The van der Waals surface area contributed by atoms with Crippen LogP contribution in [0.25, 0.3) is 0 Å². The van der Waals surface area contributed by atoms with Crippen LogP contribution >= 0.6 is 34.5 Å². The van der Waals surface area contributed by atoms with Gasteiger partial charge in [0.15, 0.2) is 0 Å². The van der Waals surface area contributed by atoms with Gasteiger partial charge in [-0.2, -0.15) is 0 Å². The van der Waals surface area contributed by atoms with E-state index >= 15 is 0 Å². The van der Waals surface area contributed by atoms with Gasteiger partial charge in [0.25, 0.3) is 5.91 Å². The first-order valence-electron chi connectivity index (χ1n) is 5.64. The molecule has 20 heavy (non-hydrogen) atoms. The molecule has 0 aliphatic carbocycles. The quantitative estimate of drug-likeness (QED) is 0.829. The summed E-state index contributed by atoms with van der Waals surface area (Å²) in [5, 5.41) is 3.67. The Kier molecular flexibility index (Phi) is 5.05. The molecule has 0 bridgehead atoms. The van der Waals surface area contributed by atoms with Gasteiger partial charge in [-0.3, -0.25) is 4.79 Å². The van der Waals surface area contributed by atoms with Crippen molar-refractivity contribution in [2.75, 3.05) is 11.9 Å². The standard InChI is InChI=1S/C14H10Cl2N2OS/c15-9-6-10(16)8-11(7-9)18-14(19)13-4-3-12(20-13)2-1-5-17/h3-4,6-8H,5,17H2,(H,18,19). The summed E-state index contributed by atoms with van der Waals surface area (Å²) in [6.07, 6.45) is 0. The first-order valence-corrected chi connectivity index (χ1v) is 7.22. The van der Waals surface area contributed by atoms with E-state index in [9.17, 15) is 4.79 Å². The highest BCUT2D eigenvalue weighted by molar-refractivity contribution is 7.14. The topological polar surface area (TPSA) is 55.1 Å². The Hall–Kier alpha value is -1.51. The van der Waals surface area contributed by atoms with Gasteiger partial charge < -0.3 is 11.1 Å². The molecule has 1 heterocycles. The van der Waals surface area contributed by atoms with Crippen molar-refractivity contribution in [3.05, 3.63) is 50.1 Å². The first-order chi connectivity index (χ1) is 9.58. The van der Waals surface area contributed by atoms with Gasteiger partial charge >= 0.3 is 0 Å². The Morgan fingerprint density at radius 2 is 1.95 bits per heavy atom. The fraction of sp³-hybridized carbons (Fsp3) is 0.0714. The first kappa shape index (κ1) is 14.9. The molecule has 0 radical (unpaired) electrons. The third-order valence-corrected chi connectivity index (χ3v) is 3.70. The zero-order valence-electron chi connectivity index (χ0n) is 10.2. The summed E-state index contributed by atoms with van der Waals surface area (Å²) >= 11 is 13.1. The van der Waals surface area contributed by atoms with Crippen LogP contribution in [-0.4, -0.2) is 12.5 Å². The lowest BCUT2D eigenvalue weighted by Gasteiger charge is -2.04. The Morgan fingerprint density at radius 3 is 2.60 bits per heavy atom. The average molecular weight is 325 g/mol. The summed E-state index contributed by atoms with van der Waals surface area (Å²) in [4.78, 5) is 13.4. The van der Waals surface area contributed by atoms with Crippen LogP contribution in [0.3, 0.4) is 0 Å². The van der Waals surface area contributed by atoms with E-state index in [1.165, 1.54) is 11.3 Å². The van der Waals surface area contributed by atoms with Gasteiger partial charge in [-0.25, -0.2) is 0 Å². The fourth-order valence-corrected chi connectivity index (χ4v) is 2.79. The number of hydrogen-bond donors (Lipinski definition) is 2. The smallest absolute Gasteiger partial charge is 0.265 e. The molecule has 1 aromatic carbocycles. The van der Waals surface area contributed by atoms with Crippen LogP contribution in [0.5, 0.6) is 0 Å². The molecule has 0 fully saturated rings. The van der Waals surface area contributed by atoms with Crippen molar-refractivity contribution in [3.63, 3.8) is 0 Å². The summed E-state index contributed by atoms with van der Waals surface area (Å²) in [5.41, 5.74) is 5.85. The predicted octanol–water partition coefficient (Wildman–Crippen LogP) is 3.62. The van der Waals surface area contributed by atoms with E-state index in [4.69, 9.17) is 28.9 Å². The second kappa shape index (κ2) is 6.78. The van der Waals surface area contributed by atoms with Crippen molar-refractivity contribution < 1.29 is 4.79 Å². The third kappa shape index (κ3) is 3.99. The lowest BCUT2D eigenvalue weighted by atomic mass is 10.3. The number of thiophene rings is 1. The van der Waals surface area contributed by atoms with Crippen LogP contribution in [0, 0.1) is 11.8 Å². The monoisotopic (exact) mass is 324 g/mol. The van der Waals surface area contributed by atoms with Crippen LogP contribution in [0.4, 0.5) is 5.69 Å². The van der Waals surface area contributed by atoms with Gasteiger partial charge in [-0.05, 0) is 30.3 Å². The summed E-state index contributed by atoms with van der Waals surface area (Å²) in [7, 11) is 0. The Labute approximate surface area is 130 Å². The molecule has 2 rings (SSSR count). The molecule has 0 aliphatic heterocycles.